The third kappa shape index (κ3) is 3.15. The predicted molar refractivity (Wildman–Crippen MR) is 123 cm³/mol. The van der Waals surface area contributed by atoms with Gasteiger partial charge in [0.2, 0.25) is 0 Å². The lowest BCUT2D eigenvalue weighted by molar-refractivity contribution is -0.169. The van der Waals surface area contributed by atoms with Crippen molar-refractivity contribution < 1.29 is 13.6 Å². The molecule has 5 heteroatoms. The topological polar surface area (TPSA) is 29.5 Å². The highest BCUT2D eigenvalue weighted by molar-refractivity contribution is 6.74. The average molecular weight is 438 g/mol. The largest absolute Gasteiger partial charge is 0.413 e. The molecule has 0 aromatic heterocycles. The summed E-state index contributed by atoms with van der Waals surface area (Å²) >= 11 is 0. The lowest BCUT2D eigenvalue weighted by atomic mass is 9.47. The molecule has 1 aliphatic heterocycles. The molecule has 0 radical (unpaired) electrons. The minimum absolute atomic E-state index is 0.0787. The summed E-state index contributed by atoms with van der Waals surface area (Å²) in [5.41, 5.74) is 0.177. The number of halogens is 1. The number of carbonyl (C=O) groups excluding carboxylic acids is 1. The van der Waals surface area contributed by atoms with Crippen molar-refractivity contribution in [2.24, 2.45) is 28.6 Å². The highest BCUT2D eigenvalue weighted by Crippen LogP contribution is 2.65. The summed E-state index contributed by atoms with van der Waals surface area (Å²) < 4.78 is 21.7. The number of alkyl halides is 1. The Hall–Kier alpha value is -0.423. The van der Waals surface area contributed by atoms with E-state index in [1.807, 2.05) is 7.05 Å². The summed E-state index contributed by atoms with van der Waals surface area (Å²) in [6, 6.07) is 0.211. The molecule has 172 valence electrons. The maximum Gasteiger partial charge on any atom is 0.257 e. The number of nitrogens with zero attached hydrogens (tertiary/aromatic N) is 1. The standard InChI is InChI=1S/C25H44FNO2Si/c1-23(2,3)30(7,8)29-21-12-10-17-16-9-11-20-25(5,15-19(26)22(28)27(20)6)18(16)13-14-24(17,21)4/h16-21H,9-15H2,1-8H3/t16?,17-,18?,19-,20+,21-,24-,25+/m0/s1. The van der Waals surface area contributed by atoms with Gasteiger partial charge in [-0.15, -0.1) is 0 Å². The van der Waals surface area contributed by atoms with E-state index >= 15 is 0 Å². The van der Waals surface area contributed by atoms with Crippen molar-refractivity contribution in [1.29, 1.82) is 0 Å². The van der Waals surface area contributed by atoms with Gasteiger partial charge in [0.05, 0.1) is 6.10 Å². The van der Waals surface area contributed by atoms with Gasteiger partial charge in [-0.3, -0.25) is 4.79 Å². The van der Waals surface area contributed by atoms with Gasteiger partial charge in [0.25, 0.3) is 5.91 Å². The van der Waals surface area contributed by atoms with Crippen molar-refractivity contribution in [3.63, 3.8) is 0 Å². The number of hydrogen-bond acceptors (Lipinski definition) is 2. The molecule has 1 heterocycles. The smallest absolute Gasteiger partial charge is 0.257 e. The van der Waals surface area contributed by atoms with Crippen molar-refractivity contribution in [2.75, 3.05) is 7.05 Å². The Bertz CT molecular complexity index is 706. The zero-order valence-electron chi connectivity index (χ0n) is 20.6. The van der Waals surface area contributed by atoms with Crippen LogP contribution in [0.15, 0.2) is 0 Å². The van der Waals surface area contributed by atoms with Gasteiger partial charge < -0.3 is 9.33 Å². The van der Waals surface area contributed by atoms with Crippen LogP contribution in [0, 0.1) is 28.6 Å². The number of carbonyl (C=O) groups is 1. The molecule has 0 bridgehead atoms. The molecule has 4 rings (SSSR count). The SMILES string of the molecule is CN1C(=O)[C@@H](F)C[C@]2(C)C3CC[C@]4(C)[C@@H](O[Si](C)(C)C(C)(C)C)CC[C@H]4C3CC[C@@H]12. The molecule has 2 unspecified atom stereocenters. The van der Waals surface area contributed by atoms with Crippen molar-refractivity contribution in [3.8, 4) is 0 Å². The number of likely N-dealkylation sites (tertiary alicyclic amines) is 1. The Balaban J connectivity index is 1.58. The summed E-state index contributed by atoms with van der Waals surface area (Å²) in [5.74, 6) is 1.59. The van der Waals surface area contributed by atoms with Crippen molar-refractivity contribution in [2.45, 2.75) is 116 Å². The van der Waals surface area contributed by atoms with Crippen LogP contribution in [0.5, 0.6) is 0 Å². The number of hydrogen-bond donors (Lipinski definition) is 0. The van der Waals surface area contributed by atoms with Gasteiger partial charge in [0.1, 0.15) is 0 Å². The monoisotopic (exact) mass is 437 g/mol. The summed E-state index contributed by atoms with van der Waals surface area (Å²) in [6.45, 7) is 16.6. The van der Waals surface area contributed by atoms with Gasteiger partial charge >= 0.3 is 0 Å². The maximum absolute atomic E-state index is 14.7. The fourth-order valence-corrected chi connectivity index (χ4v) is 9.34. The van der Waals surface area contributed by atoms with E-state index in [2.05, 4.69) is 47.7 Å². The molecular weight excluding hydrogens is 393 g/mol. The minimum atomic E-state index is -1.80. The van der Waals surface area contributed by atoms with E-state index in [1.165, 1.54) is 25.7 Å². The Morgan fingerprint density at radius 1 is 1.03 bits per heavy atom. The molecule has 0 N–H and O–H groups in total. The van der Waals surface area contributed by atoms with Gasteiger partial charge in [-0.2, -0.15) is 0 Å². The molecular formula is C25H44FNO2Si. The first-order valence-electron chi connectivity index (χ1n) is 12.3. The molecule has 3 aliphatic carbocycles. The van der Waals surface area contributed by atoms with Gasteiger partial charge in [0, 0.05) is 13.1 Å². The van der Waals surface area contributed by atoms with Crippen molar-refractivity contribution in [3.05, 3.63) is 0 Å². The van der Waals surface area contributed by atoms with Gasteiger partial charge in [-0.1, -0.05) is 34.6 Å². The van der Waals surface area contributed by atoms with Gasteiger partial charge in [-0.05, 0) is 91.7 Å². The first kappa shape index (κ1) is 22.8. The second-order valence-corrected chi connectivity index (χ2v) is 17.8. The number of rotatable bonds is 2. The van der Waals surface area contributed by atoms with Gasteiger partial charge in [-0.25, -0.2) is 4.39 Å². The molecule has 0 aromatic carbocycles. The predicted octanol–water partition coefficient (Wildman–Crippen LogP) is 6.19. The Morgan fingerprint density at radius 2 is 1.67 bits per heavy atom. The molecule has 30 heavy (non-hydrogen) atoms. The fourth-order valence-electron chi connectivity index (χ4n) is 7.89. The van der Waals surface area contributed by atoms with Crippen LogP contribution in [0.2, 0.25) is 18.1 Å². The third-order valence-corrected chi connectivity index (χ3v) is 15.2. The average Bonchev–Trinajstić information content (AvgIpc) is 2.95. The van der Waals surface area contributed by atoms with E-state index in [-0.39, 0.29) is 27.8 Å². The van der Waals surface area contributed by atoms with E-state index in [1.54, 1.807) is 4.90 Å². The number of piperidine rings is 1. The molecule has 0 aromatic rings. The summed E-state index contributed by atoms with van der Waals surface area (Å²) in [4.78, 5) is 14.1. The highest BCUT2D eigenvalue weighted by atomic mass is 28.4. The van der Waals surface area contributed by atoms with Crippen LogP contribution in [0.25, 0.3) is 0 Å². The Kier molecular flexibility index (Phi) is 5.34. The first-order chi connectivity index (χ1) is 13.7. The van der Waals surface area contributed by atoms with Crippen LogP contribution < -0.4 is 0 Å². The molecule has 3 saturated carbocycles. The Morgan fingerprint density at radius 3 is 2.30 bits per heavy atom. The molecule has 0 spiro atoms. The number of fused-ring (bicyclic) bond motifs is 5. The fraction of sp³-hybridized carbons (Fsp3) is 0.960. The third-order valence-electron chi connectivity index (χ3n) is 10.7. The van der Waals surface area contributed by atoms with E-state index < -0.39 is 14.5 Å². The highest BCUT2D eigenvalue weighted by Gasteiger charge is 2.63. The van der Waals surface area contributed by atoms with Crippen LogP contribution >= 0.6 is 0 Å². The molecule has 8 atom stereocenters. The van der Waals surface area contributed by atoms with E-state index in [9.17, 15) is 9.18 Å². The lowest BCUT2D eigenvalue weighted by Crippen LogP contribution is -2.64. The summed E-state index contributed by atoms with van der Waals surface area (Å²) in [5, 5.41) is 0.236. The van der Waals surface area contributed by atoms with Crippen molar-refractivity contribution >= 4 is 14.2 Å². The summed E-state index contributed by atoms with van der Waals surface area (Å²) in [7, 11) is 0.0369. The second kappa shape index (κ2) is 7.04. The molecule has 4 aliphatic rings. The van der Waals surface area contributed by atoms with E-state index in [0.717, 1.165) is 12.8 Å². The van der Waals surface area contributed by atoms with Crippen LogP contribution in [0.4, 0.5) is 4.39 Å². The molecule has 3 nitrogen and oxygen atoms in total. The van der Waals surface area contributed by atoms with Crippen molar-refractivity contribution in [1.82, 2.24) is 4.90 Å². The zero-order valence-corrected chi connectivity index (χ0v) is 21.6. The van der Waals surface area contributed by atoms with Crippen LogP contribution in [0.3, 0.4) is 0 Å². The zero-order chi connectivity index (χ0) is 22.3. The maximum atomic E-state index is 14.7. The van der Waals surface area contributed by atoms with Gasteiger partial charge in [0.15, 0.2) is 14.5 Å². The minimum Gasteiger partial charge on any atom is -0.413 e. The van der Waals surface area contributed by atoms with Crippen LogP contribution in [0.1, 0.15) is 79.6 Å². The Labute approximate surface area is 184 Å². The van der Waals surface area contributed by atoms with Crippen LogP contribution in [-0.2, 0) is 9.22 Å². The molecule has 1 amide bonds. The number of amides is 1. The first-order valence-corrected chi connectivity index (χ1v) is 15.2. The van der Waals surface area contributed by atoms with Crippen LogP contribution in [-0.4, -0.2) is 44.5 Å². The quantitative estimate of drug-likeness (QED) is 0.482. The second-order valence-electron chi connectivity index (χ2n) is 13.1. The normalized spacial score (nSPS) is 47.0. The van der Waals surface area contributed by atoms with E-state index in [0.29, 0.717) is 30.3 Å². The lowest BCUT2D eigenvalue weighted by Gasteiger charge is -2.62. The summed E-state index contributed by atoms with van der Waals surface area (Å²) in [6.07, 6.45) is 6.49. The molecule has 1 saturated heterocycles. The molecule has 4 fully saturated rings. The van der Waals surface area contributed by atoms with E-state index in [4.69, 9.17) is 4.43 Å².